The summed E-state index contributed by atoms with van der Waals surface area (Å²) in [5, 5.41) is 8.77. The Morgan fingerprint density at radius 2 is 1.90 bits per heavy atom. The summed E-state index contributed by atoms with van der Waals surface area (Å²) in [5.74, 6) is 0. The zero-order valence-electron chi connectivity index (χ0n) is 11.1. The highest BCUT2D eigenvalue weighted by Crippen LogP contribution is 2.20. The number of aromatic amines is 2. The van der Waals surface area contributed by atoms with E-state index in [2.05, 4.69) is 34.6 Å². The monoisotopic (exact) mass is 285 g/mol. The Hall–Kier alpha value is -2.27. The molecule has 3 aromatic rings. The molecule has 2 heterocycles. The van der Waals surface area contributed by atoms with E-state index >= 15 is 0 Å². The summed E-state index contributed by atoms with van der Waals surface area (Å²) in [5.41, 5.74) is 2.74. The lowest BCUT2D eigenvalue weighted by Crippen LogP contribution is -1.96. The van der Waals surface area contributed by atoms with Crippen molar-refractivity contribution in [3.05, 3.63) is 62.6 Å². The molecule has 0 unspecified atom stereocenters. The van der Waals surface area contributed by atoms with Gasteiger partial charge in [-0.3, -0.25) is 15.0 Å². The second-order valence-electron chi connectivity index (χ2n) is 4.62. The van der Waals surface area contributed by atoms with E-state index in [1.807, 2.05) is 24.3 Å². The van der Waals surface area contributed by atoms with Crippen LogP contribution in [-0.4, -0.2) is 10.2 Å². The van der Waals surface area contributed by atoms with Gasteiger partial charge in [-0.2, -0.15) is 0 Å². The van der Waals surface area contributed by atoms with Crippen LogP contribution in [0.25, 0.3) is 11.3 Å². The molecule has 0 aliphatic carbocycles. The fourth-order valence-electron chi connectivity index (χ4n) is 2.02. The number of rotatable bonds is 4. The summed E-state index contributed by atoms with van der Waals surface area (Å²) < 4.78 is 0. The lowest BCUT2D eigenvalue weighted by atomic mass is 10.1. The molecule has 0 bridgehead atoms. The molecular formula is C15H15N3OS. The van der Waals surface area contributed by atoms with Crippen molar-refractivity contribution < 1.29 is 0 Å². The van der Waals surface area contributed by atoms with E-state index < -0.39 is 0 Å². The first kappa shape index (κ1) is 12.7. The molecule has 5 heteroatoms. The smallest absolute Gasteiger partial charge is 0.264 e. The Morgan fingerprint density at radius 1 is 1.10 bits per heavy atom. The molecule has 3 rings (SSSR count). The van der Waals surface area contributed by atoms with E-state index in [0.717, 1.165) is 23.5 Å². The second kappa shape index (κ2) is 5.38. The number of hydrogen-bond donors (Lipinski definition) is 3. The van der Waals surface area contributed by atoms with Crippen LogP contribution in [0.2, 0.25) is 0 Å². The SMILES string of the molecule is Cc1ccc(CNc2ccc(-c3cc(=O)[nH][nH]3)cc2)s1. The highest BCUT2D eigenvalue weighted by atomic mass is 32.1. The van der Waals surface area contributed by atoms with E-state index in [-0.39, 0.29) is 5.56 Å². The third-order valence-electron chi connectivity index (χ3n) is 3.05. The first-order chi connectivity index (χ1) is 9.70. The number of benzene rings is 1. The standard InChI is InChI=1S/C15H15N3OS/c1-10-2-7-13(20-10)9-16-12-5-3-11(4-6-12)14-8-15(19)18-17-14/h2-8,16H,9H2,1H3,(H2,17,18,19). The zero-order chi connectivity index (χ0) is 13.9. The van der Waals surface area contributed by atoms with Crippen LogP contribution in [0, 0.1) is 6.92 Å². The number of H-pyrrole nitrogens is 2. The molecule has 0 amide bonds. The first-order valence-corrected chi connectivity index (χ1v) is 7.20. The normalized spacial score (nSPS) is 10.7. The summed E-state index contributed by atoms with van der Waals surface area (Å²) in [6, 6.07) is 13.8. The van der Waals surface area contributed by atoms with Crippen molar-refractivity contribution in [1.29, 1.82) is 0 Å². The average Bonchev–Trinajstić information content (AvgIpc) is 3.06. The minimum absolute atomic E-state index is 0.115. The van der Waals surface area contributed by atoms with Crippen LogP contribution in [0.15, 0.2) is 47.3 Å². The van der Waals surface area contributed by atoms with Gasteiger partial charge in [0.2, 0.25) is 0 Å². The Labute approximate surface area is 120 Å². The van der Waals surface area contributed by atoms with Gasteiger partial charge in [-0.05, 0) is 36.8 Å². The Kier molecular flexibility index (Phi) is 3.43. The van der Waals surface area contributed by atoms with E-state index in [0.29, 0.717) is 0 Å². The molecule has 4 nitrogen and oxygen atoms in total. The summed E-state index contributed by atoms with van der Waals surface area (Å²) in [4.78, 5) is 13.7. The molecule has 1 aromatic carbocycles. The van der Waals surface area contributed by atoms with Gasteiger partial charge in [-0.15, -0.1) is 11.3 Å². The number of thiophene rings is 1. The fraction of sp³-hybridized carbons (Fsp3) is 0.133. The fourth-order valence-corrected chi connectivity index (χ4v) is 2.85. The van der Waals surface area contributed by atoms with Crippen LogP contribution in [-0.2, 0) is 6.54 Å². The summed E-state index contributed by atoms with van der Waals surface area (Å²) >= 11 is 1.80. The van der Waals surface area contributed by atoms with Crippen molar-refractivity contribution in [2.24, 2.45) is 0 Å². The van der Waals surface area contributed by atoms with Gasteiger partial charge in [-0.1, -0.05) is 12.1 Å². The van der Waals surface area contributed by atoms with Gasteiger partial charge in [0.05, 0.1) is 5.69 Å². The van der Waals surface area contributed by atoms with Crippen molar-refractivity contribution in [2.75, 3.05) is 5.32 Å². The Morgan fingerprint density at radius 3 is 2.50 bits per heavy atom. The van der Waals surface area contributed by atoms with E-state index in [1.54, 1.807) is 17.4 Å². The Bertz CT molecular complexity index is 752. The Balaban J connectivity index is 1.68. The molecule has 0 radical (unpaired) electrons. The number of hydrogen-bond acceptors (Lipinski definition) is 3. The molecule has 0 fully saturated rings. The topological polar surface area (TPSA) is 60.7 Å². The molecule has 0 saturated carbocycles. The van der Waals surface area contributed by atoms with Crippen molar-refractivity contribution in [3.63, 3.8) is 0 Å². The predicted molar refractivity (Wildman–Crippen MR) is 83.2 cm³/mol. The number of aryl methyl sites for hydroxylation is 1. The summed E-state index contributed by atoms with van der Waals surface area (Å²) in [6.45, 7) is 2.94. The summed E-state index contributed by atoms with van der Waals surface area (Å²) in [6.07, 6.45) is 0. The first-order valence-electron chi connectivity index (χ1n) is 6.38. The molecule has 102 valence electrons. The zero-order valence-corrected chi connectivity index (χ0v) is 11.9. The van der Waals surface area contributed by atoms with Crippen LogP contribution in [0.3, 0.4) is 0 Å². The van der Waals surface area contributed by atoms with Gasteiger partial charge in [0.15, 0.2) is 0 Å². The van der Waals surface area contributed by atoms with Crippen molar-refractivity contribution in [3.8, 4) is 11.3 Å². The lowest BCUT2D eigenvalue weighted by molar-refractivity contribution is 1.06. The highest BCUT2D eigenvalue weighted by Gasteiger charge is 2.01. The third-order valence-corrected chi connectivity index (χ3v) is 4.06. The van der Waals surface area contributed by atoms with Gasteiger partial charge in [0.1, 0.15) is 0 Å². The maximum Gasteiger partial charge on any atom is 0.264 e. The molecule has 0 saturated heterocycles. The maximum atomic E-state index is 11.1. The van der Waals surface area contributed by atoms with Gasteiger partial charge < -0.3 is 5.32 Å². The molecule has 3 N–H and O–H groups in total. The van der Waals surface area contributed by atoms with E-state index in [9.17, 15) is 4.79 Å². The second-order valence-corrected chi connectivity index (χ2v) is 5.99. The molecule has 2 aromatic heterocycles. The van der Waals surface area contributed by atoms with Gasteiger partial charge >= 0.3 is 0 Å². The molecule has 0 atom stereocenters. The van der Waals surface area contributed by atoms with Crippen molar-refractivity contribution in [2.45, 2.75) is 13.5 Å². The van der Waals surface area contributed by atoms with Crippen LogP contribution in [0.1, 0.15) is 9.75 Å². The number of nitrogens with one attached hydrogen (secondary N) is 3. The van der Waals surface area contributed by atoms with Gasteiger partial charge in [0, 0.05) is 28.1 Å². The van der Waals surface area contributed by atoms with Gasteiger partial charge in [-0.25, -0.2) is 0 Å². The molecule has 0 spiro atoms. The quantitative estimate of drug-likeness (QED) is 0.688. The number of anilines is 1. The van der Waals surface area contributed by atoms with Crippen LogP contribution in [0.5, 0.6) is 0 Å². The molecule has 0 aliphatic rings. The van der Waals surface area contributed by atoms with E-state index in [1.165, 1.54) is 9.75 Å². The lowest BCUT2D eigenvalue weighted by Gasteiger charge is -2.05. The highest BCUT2D eigenvalue weighted by molar-refractivity contribution is 7.11. The molecule has 0 aliphatic heterocycles. The predicted octanol–water partition coefficient (Wildman–Crippen LogP) is 3.35. The molecule has 20 heavy (non-hydrogen) atoms. The minimum Gasteiger partial charge on any atom is -0.380 e. The van der Waals surface area contributed by atoms with Crippen LogP contribution in [0.4, 0.5) is 5.69 Å². The molecular weight excluding hydrogens is 270 g/mol. The van der Waals surface area contributed by atoms with Gasteiger partial charge in [0.25, 0.3) is 5.56 Å². The maximum absolute atomic E-state index is 11.1. The van der Waals surface area contributed by atoms with Crippen molar-refractivity contribution >= 4 is 17.0 Å². The van der Waals surface area contributed by atoms with E-state index in [4.69, 9.17) is 0 Å². The third kappa shape index (κ3) is 2.83. The summed E-state index contributed by atoms with van der Waals surface area (Å²) in [7, 11) is 0. The number of aromatic nitrogens is 2. The largest absolute Gasteiger partial charge is 0.380 e. The van der Waals surface area contributed by atoms with Crippen molar-refractivity contribution in [1.82, 2.24) is 10.2 Å². The van der Waals surface area contributed by atoms with Crippen LogP contribution >= 0.6 is 11.3 Å². The van der Waals surface area contributed by atoms with Crippen LogP contribution < -0.4 is 10.9 Å². The minimum atomic E-state index is -0.115. The average molecular weight is 285 g/mol.